The van der Waals surface area contributed by atoms with Crippen LogP contribution in [0.2, 0.25) is 0 Å². The minimum absolute atomic E-state index is 0.211. The van der Waals surface area contributed by atoms with Gasteiger partial charge in [-0.05, 0) is 69.4 Å². The molecule has 0 aromatic carbocycles. The van der Waals surface area contributed by atoms with Crippen LogP contribution < -0.4 is 5.32 Å². The molecular weight excluding hydrogens is 224 g/mol. The predicted molar refractivity (Wildman–Crippen MR) is 72.1 cm³/mol. The third-order valence-electron chi connectivity index (χ3n) is 5.37. The first-order valence-corrected chi connectivity index (χ1v) is 7.39. The SMILES string of the molecule is CN(C)CC(=O)NC1C2CC3CC1CC(C)(C3)C2. The third-order valence-corrected chi connectivity index (χ3v) is 5.37. The lowest BCUT2D eigenvalue weighted by Crippen LogP contribution is -2.59. The maximum atomic E-state index is 12.0. The number of likely N-dealkylation sites (N-methyl/N-ethyl adjacent to an activating group) is 1. The molecule has 1 N–H and O–H groups in total. The molecule has 0 saturated heterocycles. The number of nitrogens with zero attached hydrogens (tertiary/aromatic N) is 1. The molecule has 4 bridgehead atoms. The predicted octanol–water partition coefficient (Wildman–Crippen LogP) is 1.88. The molecule has 4 saturated carbocycles. The first-order chi connectivity index (χ1) is 8.45. The van der Waals surface area contributed by atoms with E-state index < -0.39 is 0 Å². The highest BCUT2D eigenvalue weighted by molar-refractivity contribution is 5.78. The number of nitrogens with one attached hydrogen (secondary N) is 1. The Kier molecular flexibility index (Phi) is 2.92. The van der Waals surface area contributed by atoms with E-state index in [0.717, 1.165) is 17.8 Å². The summed E-state index contributed by atoms with van der Waals surface area (Å²) in [5.41, 5.74) is 0.597. The van der Waals surface area contributed by atoms with Gasteiger partial charge in [0.25, 0.3) is 0 Å². The number of carbonyl (C=O) groups is 1. The molecule has 4 fully saturated rings. The fourth-order valence-electron chi connectivity index (χ4n) is 5.19. The molecule has 0 aromatic rings. The average molecular weight is 250 g/mol. The second-order valence-corrected chi connectivity index (χ2v) is 7.61. The maximum Gasteiger partial charge on any atom is 0.234 e. The van der Waals surface area contributed by atoms with Crippen molar-refractivity contribution in [3.63, 3.8) is 0 Å². The molecule has 2 unspecified atom stereocenters. The monoisotopic (exact) mass is 250 g/mol. The highest BCUT2D eigenvalue weighted by Gasteiger charge is 2.53. The Balaban J connectivity index is 1.66. The summed E-state index contributed by atoms with van der Waals surface area (Å²) in [7, 11) is 3.91. The van der Waals surface area contributed by atoms with E-state index in [0.29, 0.717) is 18.0 Å². The molecule has 4 aliphatic rings. The van der Waals surface area contributed by atoms with Crippen LogP contribution in [0.4, 0.5) is 0 Å². The summed E-state index contributed by atoms with van der Waals surface area (Å²) >= 11 is 0. The lowest BCUT2D eigenvalue weighted by Gasteiger charge is -2.59. The van der Waals surface area contributed by atoms with Crippen molar-refractivity contribution in [1.82, 2.24) is 10.2 Å². The van der Waals surface area contributed by atoms with Gasteiger partial charge in [0.2, 0.25) is 5.91 Å². The molecular formula is C15H26N2O. The number of amides is 1. The zero-order valence-corrected chi connectivity index (χ0v) is 11.9. The van der Waals surface area contributed by atoms with Crippen LogP contribution in [0.25, 0.3) is 0 Å². The highest BCUT2D eigenvalue weighted by atomic mass is 16.2. The van der Waals surface area contributed by atoms with Gasteiger partial charge in [-0.3, -0.25) is 4.79 Å². The molecule has 18 heavy (non-hydrogen) atoms. The van der Waals surface area contributed by atoms with Gasteiger partial charge in [-0.1, -0.05) is 6.92 Å². The molecule has 0 heterocycles. The van der Waals surface area contributed by atoms with E-state index in [2.05, 4.69) is 12.2 Å². The summed E-state index contributed by atoms with van der Waals surface area (Å²) in [4.78, 5) is 13.9. The molecule has 2 atom stereocenters. The Morgan fingerprint density at radius 2 is 1.83 bits per heavy atom. The standard InChI is InChI=1S/C15H26N2O/c1-15-6-10-4-11(7-15)14(12(5-10)8-15)16-13(18)9-17(2)3/h10-12,14H,4-9H2,1-3H3,(H,16,18). The summed E-state index contributed by atoms with van der Waals surface area (Å²) < 4.78 is 0. The van der Waals surface area contributed by atoms with E-state index in [1.54, 1.807) is 0 Å². The molecule has 0 aliphatic heterocycles. The largest absolute Gasteiger partial charge is 0.352 e. The lowest BCUT2D eigenvalue weighted by molar-refractivity contribution is -0.127. The van der Waals surface area contributed by atoms with Crippen LogP contribution in [0.5, 0.6) is 0 Å². The third kappa shape index (κ3) is 2.18. The van der Waals surface area contributed by atoms with E-state index in [9.17, 15) is 4.79 Å². The normalized spacial score (nSPS) is 45.6. The molecule has 0 spiro atoms. The van der Waals surface area contributed by atoms with Crippen LogP contribution in [-0.2, 0) is 4.79 Å². The van der Waals surface area contributed by atoms with Crippen molar-refractivity contribution < 1.29 is 4.79 Å². The Morgan fingerprint density at radius 3 is 2.33 bits per heavy atom. The van der Waals surface area contributed by atoms with Gasteiger partial charge in [-0.25, -0.2) is 0 Å². The fraction of sp³-hybridized carbons (Fsp3) is 0.933. The summed E-state index contributed by atoms with van der Waals surface area (Å²) in [5, 5.41) is 3.33. The zero-order valence-electron chi connectivity index (χ0n) is 11.9. The average Bonchev–Trinajstić information content (AvgIpc) is 2.19. The Bertz CT molecular complexity index is 336. The van der Waals surface area contributed by atoms with E-state index >= 15 is 0 Å². The number of hydrogen-bond acceptors (Lipinski definition) is 2. The zero-order chi connectivity index (χ0) is 12.9. The Labute approximate surface area is 110 Å². The number of hydrogen-bond donors (Lipinski definition) is 1. The Morgan fingerprint density at radius 1 is 1.22 bits per heavy atom. The van der Waals surface area contributed by atoms with Crippen molar-refractivity contribution in [3.8, 4) is 0 Å². The molecule has 4 rings (SSSR count). The van der Waals surface area contributed by atoms with Crippen LogP contribution in [0, 0.1) is 23.2 Å². The first-order valence-electron chi connectivity index (χ1n) is 7.39. The van der Waals surface area contributed by atoms with Crippen molar-refractivity contribution in [2.24, 2.45) is 23.2 Å². The van der Waals surface area contributed by atoms with Crippen molar-refractivity contribution >= 4 is 5.91 Å². The van der Waals surface area contributed by atoms with Crippen LogP contribution in [0.3, 0.4) is 0 Å². The topological polar surface area (TPSA) is 32.3 Å². The quantitative estimate of drug-likeness (QED) is 0.829. The molecule has 3 heteroatoms. The van der Waals surface area contributed by atoms with Crippen molar-refractivity contribution in [3.05, 3.63) is 0 Å². The fourth-order valence-corrected chi connectivity index (χ4v) is 5.19. The van der Waals surface area contributed by atoms with E-state index in [4.69, 9.17) is 0 Å². The van der Waals surface area contributed by atoms with Gasteiger partial charge in [0.15, 0.2) is 0 Å². The molecule has 0 aromatic heterocycles. The van der Waals surface area contributed by atoms with E-state index in [1.165, 1.54) is 32.1 Å². The molecule has 4 aliphatic carbocycles. The minimum Gasteiger partial charge on any atom is -0.352 e. The highest BCUT2D eigenvalue weighted by Crippen LogP contribution is 2.59. The first kappa shape index (κ1) is 12.5. The smallest absolute Gasteiger partial charge is 0.234 e. The maximum absolute atomic E-state index is 12.0. The Hall–Kier alpha value is -0.570. The van der Waals surface area contributed by atoms with Gasteiger partial charge in [0.05, 0.1) is 6.54 Å². The van der Waals surface area contributed by atoms with Crippen LogP contribution >= 0.6 is 0 Å². The summed E-state index contributed by atoms with van der Waals surface area (Å²) in [6, 6.07) is 0.474. The molecule has 0 radical (unpaired) electrons. The summed E-state index contributed by atoms with van der Waals surface area (Å²) in [6.45, 7) is 2.99. The minimum atomic E-state index is 0.211. The number of rotatable bonds is 3. The van der Waals surface area contributed by atoms with Gasteiger partial charge in [-0.2, -0.15) is 0 Å². The van der Waals surface area contributed by atoms with Crippen LogP contribution in [0.1, 0.15) is 39.0 Å². The summed E-state index contributed by atoms with van der Waals surface area (Å²) in [5.74, 6) is 2.68. The second kappa shape index (κ2) is 4.22. The molecule has 102 valence electrons. The van der Waals surface area contributed by atoms with Crippen LogP contribution in [0.15, 0.2) is 0 Å². The van der Waals surface area contributed by atoms with E-state index in [1.807, 2.05) is 19.0 Å². The van der Waals surface area contributed by atoms with E-state index in [-0.39, 0.29) is 5.91 Å². The van der Waals surface area contributed by atoms with Crippen LogP contribution in [-0.4, -0.2) is 37.5 Å². The van der Waals surface area contributed by atoms with Gasteiger partial charge in [-0.15, -0.1) is 0 Å². The van der Waals surface area contributed by atoms with Crippen molar-refractivity contribution in [2.75, 3.05) is 20.6 Å². The van der Waals surface area contributed by atoms with Gasteiger partial charge in [0, 0.05) is 6.04 Å². The van der Waals surface area contributed by atoms with Gasteiger partial charge >= 0.3 is 0 Å². The molecule has 3 nitrogen and oxygen atoms in total. The van der Waals surface area contributed by atoms with Gasteiger partial charge in [0.1, 0.15) is 0 Å². The lowest BCUT2D eigenvalue weighted by atomic mass is 9.48. The van der Waals surface area contributed by atoms with Crippen molar-refractivity contribution in [1.29, 1.82) is 0 Å². The second-order valence-electron chi connectivity index (χ2n) is 7.61. The summed E-state index contributed by atoms with van der Waals surface area (Å²) in [6.07, 6.45) is 6.84. The van der Waals surface area contributed by atoms with Crippen molar-refractivity contribution in [2.45, 2.75) is 45.1 Å². The molecule has 1 amide bonds. The number of carbonyl (C=O) groups excluding carboxylic acids is 1. The van der Waals surface area contributed by atoms with Gasteiger partial charge < -0.3 is 10.2 Å².